The second-order valence-corrected chi connectivity index (χ2v) is 6.33. The van der Waals surface area contributed by atoms with Crippen LogP contribution in [0.5, 0.6) is 0 Å². The third-order valence-corrected chi connectivity index (χ3v) is 4.11. The summed E-state index contributed by atoms with van der Waals surface area (Å²) in [4.78, 5) is 33.8. The van der Waals surface area contributed by atoms with Gasteiger partial charge < -0.3 is 14.6 Å². The molecule has 1 heterocycles. The number of carbonyl (C=O) groups excluding carboxylic acids is 2. The second kappa shape index (κ2) is 8.99. The SMILES string of the molecule is Cc1cc(NC(=O)CSCC(=O)O[C@H](C)c2cccc([N+](=O)[O-])c2)no1. The van der Waals surface area contributed by atoms with Gasteiger partial charge in [-0.3, -0.25) is 19.7 Å². The van der Waals surface area contributed by atoms with E-state index in [0.29, 0.717) is 17.1 Å². The maximum absolute atomic E-state index is 11.9. The van der Waals surface area contributed by atoms with E-state index in [1.165, 1.54) is 18.2 Å². The number of anilines is 1. The van der Waals surface area contributed by atoms with E-state index in [0.717, 1.165) is 11.8 Å². The first-order valence-corrected chi connectivity index (χ1v) is 8.75. The number of ether oxygens (including phenoxy) is 1. The van der Waals surface area contributed by atoms with Crippen molar-refractivity contribution in [2.75, 3.05) is 16.8 Å². The number of aryl methyl sites for hydroxylation is 1. The first-order valence-electron chi connectivity index (χ1n) is 7.60. The van der Waals surface area contributed by atoms with Gasteiger partial charge in [-0.05, 0) is 19.4 Å². The van der Waals surface area contributed by atoms with Gasteiger partial charge in [0, 0.05) is 18.2 Å². The number of carbonyl (C=O) groups is 2. The van der Waals surface area contributed by atoms with Crippen molar-refractivity contribution >= 4 is 35.1 Å². The summed E-state index contributed by atoms with van der Waals surface area (Å²) in [6, 6.07) is 7.48. The lowest BCUT2D eigenvalue weighted by Crippen LogP contribution is -2.17. The minimum absolute atomic E-state index is 0.0233. The number of amides is 1. The number of benzene rings is 1. The molecule has 138 valence electrons. The molecule has 0 saturated carbocycles. The van der Waals surface area contributed by atoms with Crippen molar-refractivity contribution in [2.24, 2.45) is 0 Å². The molecule has 0 radical (unpaired) electrons. The van der Waals surface area contributed by atoms with Crippen LogP contribution in [0.4, 0.5) is 11.5 Å². The molecule has 1 atom stereocenters. The third-order valence-electron chi connectivity index (χ3n) is 3.21. The molecule has 1 amide bonds. The Morgan fingerprint density at radius 1 is 1.38 bits per heavy atom. The Balaban J connectivity index is 1.75. The average Bonchev–Trinajstić information content (AvgIpc) is 2.99. The van der Waals surface area contributed by atoms with Gasteiger partial charge in [-0.1, -0.05) is 17.3 Å². The number of thioether (sulfide) groups is 1. The summed E-state index contributed by atoms with van der Waals surface area (Å²) in [5.74, 6) is 0.0834. The Labute approximate surface area is 153 Å². The summed E-state index contributed by atoms with van der Waals surface area (Å²) in [5, 5.41) is 17.0. The first kappa shape index (κ1) is 19.4. The van der Waals surface area contributed by atoms with E-state index in [1.54, 1.807) is 26.0 Å². The molecule has 0 saturated heterocycles. The average molecular weight is 379 g/mol. The summed E-state index contributed by atoms with van der Waals surface area (Å²) in [6.45, 7) is 3.33. The standard InChI is InChI=1S/C16H17N3O6S/c1-10-6-14(18-25-10)17-15(20)8-26-9-16(21)24-11(2)12-4-3-5-13(7-12)19(22)23/h3-7,11H,8-9H2,1-2H3,(H,17,18,20)/t11-/m1/s1. The largest absolute Gasteiger partial charge is 0.457 e. The molecule has 0 aliphatic carbocycles. The van der Waals surface area contributed by atoms with Crippen LogP contribution in [0.3, 0.4) is 0 Å². The molecular formula is C16H17N3O6S. The predicted molar refractivity (Wildman–Crippen MR) is 94.8 cm³/mol. The molecule has 0 spiro atoms. The Bertz CT molecular complexity index is 807. The number of hydrogen-bond donors (Lipinski definition) is 1. The van der Waals surface area contributed by atoms with E-state index in [1.807, 2.05) is 0 Å². The smallest absolute Gasteiger partial charge is 0.316 e. The van der Waals surface area contributed by atoms with Crippen LogP contribution in [-0.4, -0.2) is 33.5 Å². The zero-order valence-electron chi connectivity index (χ0n) is 14.1. The Kier molecular flexibility index (Phi) is 6.73. The van der Waals surface area contributed by atoms with E-state index in [4.69, 9.17) is 9.26 Å². The molecule has 10 heteroatoms. The molecule has 1 aromatic heterocycles. The van der Waals surface area contributed by atoms with Crippen molar-refractivity contribution in [3.63, 3.8) is 0 Å². The topological polar surface area (TPSA) is 125 Å². The number of rotatable bonds is 8. The highest BCUT2D eigenvalue weighted by Crippen LogP contribution is 2.22. The number of non-ortho nitro benzene ring substituents is 1. The fourth-order valence-corrected chi connectivity index (χ4v) is 2.62. The lowest BCUT2D eigenvalue weighted by atomic mass is 10.1. The Morgan fingerprint density at radius 2 is 2.15 bits per heavy atom. The van der Waals surface area contributed by atoms with Crippen molar-refractivity contribution in [3.05, 3.63) is 51.8 Å². The van der Waals surface area contributed by atoms with E-state index < -0.39 is 17.0 Å². The van der Waals surface area contributed by atoms with Crippen molar-refractivity contribution in [1.29, 1.82) is 0 Å². The van der Waals surface area contributed by atoms with Crippen LogP contribution in [-0.2, 0) is 14.3 Å². The minimum atomic E-state index is -0.630. The zero-order valence-corrected chi connectivity index (χ0v) is 14.9. The molecule has 0 unspecified atom stereocenters. The number of aromatic nitrogens is 1. The summed E-state index contributed by atoms with van der Waals surface area (Å²) < 4.78 is 10.1. The predicted octanol–water partition coefficient (Wildman–Crippen LogP) is 2.87. The summed E-state index contributed by atoms with van der Waals surface area (Å²) in [7, 11) is 0. The van der Waals surface area contributed by atoms with Crippen LogP contribution in [0, 0.1) is 17.0 Å². The highest BCUT2D eigenvalue weighted by molar-refractivity contribution is 8.00. The van der Waals surface area contributed by atoms with Crippen LogP contribution < -0.4 is 5.32 Å². The monoisotopic (exact) mass is 379 g/mol. The fourth-order valence-electron chi connectivity index (χ4n) is 2.02. The van der Waals surface area contributed by atoms with E-state index in [2.05, 4.69) is 10.5 Å². The number of nitrogens with zero attached hydrogens (tertiary/aromatic N) is 2. The number of nitrogens with one attached hydrogen (secondary N) is 1. The lowest BCUT2D eigenvalue weighted by molar-refractivity contribution is -0.385. The van der Waals surface area contributed by atoms with Gasteiger partial charge >= 0.3 is 5.97 Å². The van der Waals surface area contributed by atoms with Crippen molar-refractivity contribution < 1.29 is 23.8 Å². The molecule has 0 fully saturated rings. The number of hydrogen-bond acceptors (Lipinski definition) is 8. The lowest BCUT2D eigenvalue weighted by Gasteiger charge is -2.13. The van der Waals surface area contributed by atoms with Crippen LogP contribution in [0.1, 0.15) is 24.4 Å². The molecular weight excluding hydrogens is 362 g/mol. The summed E-state index contributed by atoms with van der Waals surface area (Å²) in [5.41, 5.74) is 0.455. The third kappa shape index (κ3) is 5.88. The Morgan fingerprint density at radius 3 is 2.81 bits per heavy atom. The highest BCUT2D eigenvalue weighted by Gasteiger charge is 2.15. The van der Waals surface area contributed by atoms with Crippen LogP contribution >= 0.6 is 11.8 Å². The molecule has 9 nitrogen and oxygen atoms in total. The maximum atomic E-state index is 11.9. The fraction of sp³-hybridized carbons (Fsp3) is 0.312. The van der Waals surface area contributed by atoms with Gasteiger partial charge in [0.15, 0.2) is 5.82 Å². The van der Waals surface area contributed by atoms with E-state index in [-0.39, 0.29) is 23.1 Å². The summed E-state index contributed by atoms with van der Waals surface area (Å²) >= 11 is 1.09. The van der Waals surface area contributed by atoms with E-state index in [9.17, 15) is 19.7 Å². The van der Waals surface area contributed by atoms with Gasteiger partial charge in [0.25, 0.3) is 5.69 Å². The second-order valence-electron chi connectivity index (χ2n) is 5.35. The molecule has 0 aliphatic rings. The normalized spacial score (nSPS) is 11.6. The Hall–Kier alpha value is -2.88. The molecule has 2 rings (SSSR count). The van der Waals surface area contributed by atoms with Crippen LogP contribution in [0.2, 0.25) is 0 Å². The molecule has 1 N–H and O–H groups in total. The van der Waals surface area contributed by atoms with Gasteiger partial charge in [-0.25, -0.2) is 0 Å². The van der Waals surface area contributed by atoms with Crippen molar-refractivity contribution in [1.82, 2.24) is 5.16 Å². The zero-order chi connectivity index (χ0) is 19.1. The minimum Gasteiger partial charge on any atom is -0.457 e. The van der Waals surface area contributed by atoms with Gasteiger partial charge in [0.1, 0.15) is 11.9 Å². The van der Waals surface area contributed by atoms with Crippen molar-refractivity contribution in [2.45, 2.75) is 20.0 Å². The number of nitro benzene ring substituents is 1. The van der Waals surface area contributed by atoms with Crippen LogP contribution in [0.15, 0.2) is 34.9 Å². The van der Waals surface area contributed by atoms with Gasteiger partial charge in [-0.2, -0.15) is 0 Å². The number of esters is 1. The van der Waals surface area contributed by atoms with Crippen LogP contribution in [0.25, 0.3) is 0 Å². The summed E-state index contributed by atoms with van der Waals surface area (Å²) in [6.07, 6.45) is -0.630. The first-order chi connectivity index (χ1) is 12.3. The molecule has 0 aliphatic heterocycles. The highest BCUT2D eigenvalue weighted by atomic mass is 32.2. The van der Waals surface area contributed by atoms with Gasteiger partial charge in [0.05, 0.1) is 16.4 Å². The van der Waals surface area contributed by atoms with Gasteiger partial charge in [0.2, 0.25) is 5.91 Å². The van der Waals surface area contributed by atoms with Crippen molar-refractivity contribution in [3.8, 4) is 0 Å². The van der Waals surface area contributed by atoms with Gasteiger partial charge in [-0.15, -0.1) is 11.8 Å². The quantitative estimate of drug-likeness (QED) is 0.422. The van der Waals surface area contributed by atoms with E-state index >= 15 is 0 Å². The number of nitro groups is 1. The maximum Gasteiger partial charge on any atom is 0.316 e. The molecule has 26 heavy (non-hydrogen) atoms. The molecule has 2 aromatic rings. The molecule has 1 aromatic carbocycles. The molecule has 0 bridgehead atoms.